The van der Waals surface area contributed by atoms with Crippen molar-refractivity contribution >= 4 is 44.8 Å². The molecule has 0 heterocycles. The topological polar surface area (TPSA) is 75.7 Å². The van der Waals surface area contributed by atoms with E-state index < -0.39 is 22.5 Å². The van der Waals surface area contributed by atoms with Crippen LogP contribution in [-0.4, -0.2) is 34.0 Å². The van der Waals surface area contributed by atoms with E-state index in [1.54, 1.807) is 48.5 Å². The number of aryl methyl sites for hydroxylation is 2. The maximum Gasteiger partial charge on any atom is 0.264 e. The van der Waals surface area contributed by atoms with Crippen molar-refractivity contribution in [3.63, 3.8) is 0 Å². The minimum Gasteiger partial charge on any atom is -0.492 e. The fourth-order valence-electron chi connectivity index (χ4n) is 2.97. The summed E-state index contributed by atoms with van der Waals surface area (Å²) in [5, 5.41) is 3.75. The highest BCUT2D eigenvalue weighted by Gasteiger charge is 2.27. The average molecular weight is 507 g/mol. The number of carbonyl (C=O) groups is 1. The molecule has 33 heavy (non-hydrogen) atoms. The van der Waals surface area contributed by atoms with E-state index >= 15 is 0 Å². The highest BCUT2D eigenvalue weighted by Crippen LogP contribution is 2.25. The molecule has 3 aromatic rings. The molecule has 0 saturated heterocycles. The number of halogens is 2. The van der Waals surface area contributed by atoms with Gasteiger partial charge < -0.3 is 10.1 Å². The molecular formula is C24H24Cl2N2O4S. The molecule has 1 N–H and O–H groups in total. The van der Waals surface area contributed by atoms with Gasteiger partial charge >= 0.3 is 0 Å². The van der Waals surface area contributed by atoms with Crippen LogP contribution in [0.3, 0.4) is 0 Å². The van der Waals surface area contributed by atoms with E-state index in [9.17, 15) is 13.2 Å². The van der Waals surface area contributed by atoms with E-state index in [0.29, 0.717) is 21.5 Å². The number of ether oxygens (including phenoxy) is 1. The van der Waals surface area contributed by atoms with E-state index in [1.165, 1.54) is 12.1 Å². The van der Waals surface area contributed by atoms with E-state index in [0.717, 1.165) is 15.4 Å². The Hall–Kier alpha value is -2.74. The summed E-state index contributed by atoms with van der Waals surface area (Å²) in [7, 11) is -3.98. The molecule has 0 bridgehead atoms. The van der Waals surface area contributed by atoms with Crippen molar-refractivity contribution in [1.29, 1.82) is 0 Å². The molecule has 0 aliphatic carbocycles. The van der Waals surface area contributed by atoms with Gasteiger partial charge in [0, 0.05) is 10.0 Å². The summed E-state index contributed by atoms with van der Waals surface area (Å²) >= 11 is 12.0. The minimum absolute atomic E-state index is 0.0930. The third-order valence-electron chi connectivity index (χ3n) is 4.85. The van der Waals surface area contributed by atoms with Crippen molar-refractivity contribution in [2.24, 2.45) is 0 Å². The summed E-state index contributed by atoms with van der Waals surface area (Å²) in [6.45, 7) is 3.77. The highest BCUT2D eigenvalue weighted by molar-refractivity contribution is 7.92. The van der Waals surface area contributed by atoms with Gasteiger partial charge in [-0.2, -0.15) is 0 Å². The van der Waals surface area contributed by atoms with Gasteiger partial charge in [-0.15, -0.1) is 0 Å². The maximum atomic E-state index is 13.3. The predicted molar refractivity (Wildman–Crippen MR) is 132 cm³/mol. The molecule has 0 aromatic heterocycles. The Morgan fingerprint density at radius 3 is 2.27 bits per heavy atom. The molecule has 174 valence electrons. The van der Waals surface area contributed by atoms with Crippen LogP contribution in [0.25, 0.3) is 0 Å². The first-order valence-electron chi connectivity index (χ1n) is 10.2. The van der Waals surface area contributed by atoms with E-state index in [4.69, 9.17) is 27.9 Å². The smallest absolute Gasteiger partial charge is 0.264 e. The number of sulfonamides is 1. The van der Waals surface area contributed by atoms with Crippen molar-refractivity contribution in [1.82, 2.24) is 5.32 Å². The summed E-state index contributed by atoms with van der Waals surface area (Å²) < 4.78 is 33.3. The molecule has 0 aliphatic heterocycles. The SMILES string of the molecule is Cc1ccc(S(=O)(=O)N(CC(=O)NCCOc2ccc(C)c(Cl)c2)c2ccc(Cl)cc2)cc1. The third kappa shape index (κ3) is 6.63. The van der Waals surface area contributed by atoms with Gasteiger partial charge in [-0.1, -0.05) is 47.0 Å². The molecule has 1 amide bonds. The number of rotatable bonds is 9. The molecule has 0 saturated carbocycles. The van der Waals surface area contributed by atoms with Gasteiger partial charge in [0.2, 0.25) is 5.91 Å². The second-order valence-corrected chi connectivity index (χ2v) is 10.1. The number of hydrogen-bond acceptors (Lipinski definition) is 4. The molecule has 9 heteroatoms. The van der Waals surface area contributed by atoms with Gasteiger partial charge in [0.1, 0.15) is 18.9 Å². The highest BCUT2D eigenvalue weighted by atomic mass is 35.5. The van der Waals surface area contributed by atoms with Gasteiger partial charge in [-0.05, 0) is 67.9 Å². The molecular weight excluding hydrogens is 483 g/mol. The van der Waals surface area contributed by atoms with Crippen LogP contribution < -0.4 is 14.4 Å². The number of hydrogen-bond donors (Lipinski definition) is 1. The van der Waals surface area contributed by atoms with Gasteiger partial charge in [0.15, 0.2) is 0 Å². The summed E-state index contributed by atoms with van der Waals surface area (Å²) in [6, 6.07) is 18.1. The van der Waals surface area contributed by atoms with Gasteiger partial charge in [-0.3, -0.25) is 9.10 Å². The van der Waals surface area contributed by atoms with E-state index in [-0.39, 0.29) is 18.0 Å². The third-order valence-corrected chi connectivity index (χ3v) is 7.29. The number of amides is 1. The monoisotopic (exact) mass is 506 g/mol. The van der Waals surface area contributed by atoms with Crippen LogP contribution >= 0.6 is 23.2 Å². The largest absolute Gasteiger partial charge is 0.492 e. The summed E-state index contributed by atoms with van der Waals surface area (Å²) in [6.07, 6.45) is 0. The maximum absolute atomic E-state index is 13.3. The lowest BCUT2D eigenvalue weighted by molar-refractivity contribution is -0.119. The molecule has 0 fully saturated rings. The Morgan fingerprint density at radius 2 is 1.64 bits per heavy atom. The Balaban J connectivity index is 1.69. The summed E-state index contributed by atoms with van der Waals surface area (Å²) in [5.41, 5.74) is 2.20. The van der Waals surface area contributed by atoms with Crippen molar-refractivity contribution in [3.8, 4) is 5.75 Å². The standard InChI is InChI=1S/C24H24Cl2N2O4S/c1-17-3-11-22(12-4-17)33(30,31)28(20-8-6-19(25)7-9-20)16-24(29)27-13-14-32-21-10-5-18(2)23(26)15-21/h3-12,15H,13-14,16H2,1-2H3,(H,27,29). The zero-order valence-corrected chi connectivity index (χ0v) is 20.5. The van der Waals surface area contributed by atoms with Crippen LogP contribution in [0.5, 0.6) is 5.75 Å². The molecule has 0 radical (unpaired) electrons. The molecule has 6 nitrogen and oxygen atoms in total. The van der Waals surface area contributed by atoms with E-state index in [2.05, 4.69) is 5.32 Å². The molecule has 0 unspecified atom stereocenters. The minimum atomic E-state index is -3.98. The van der Waals surface area contributed by atoms with Crippen LogP contribution in [0.1, 0.15) is 11.1 Å². The molecule has 0 aliphatic rings. The van der Waals surface area contributed by atoms with E-state index in [1.807, 2.05) is 19.9 Å². The first kappa shape index (κ1) is 24.9. The fourth-order valence-corrected chi connectivity index (χ4v) is 4.69. The quantitative estimate of drug-likeness (QED) is 0.414. The second-order valence-electron chi connectivity index (χ2n) is 7.41. The van der Waals surface area contributed by atoms with Gasteiger partial charge in [-0.25, -0.2) is 8.42 Å². The van der Waals surface area contributed by atoms with Crippen molar-refractivity contribution in [3.05, 3.63) is 87.9 Å². The second kappa shape index (κ2) is 10.9. The predicted octanol–water partition coefficient (Wildman–Crippen LogP) is 5.00. The van der Waals surface area contributed by atoms with Crippen molar-refractivity contribution < 1.29 is 17.9 Å². The molecule has 3 rings (SSSR count). The molecule has 3 aromatic carbocycles. The lowest BCUT2D eigenvalue weighted by Crippen LogP contribution is -2.41. The van der Waals surface area contributed by atoms with Gasteiger partial charge in [0.25, 0.3) is 10.0 Å². The number of carbonyl (C=O) groups excluding carboxylic acids is 1. The van der Waals surface area contributed by atoms with Crippen LogP contribution in [-0.2, 0) is 14.8 Å². The Bertz CT molecular complexity index is 1210. The molecule has 0 spiro atoms. The summed E-state index contributed by atoms with van der Waals surface area (Å²) in [4.78, 5) is 12.7. The van der Waals surface area contributed by atoms with Crippen molar-refractivity contribution in [2.45, 2.75) is 18.7 Å². The Morgan fingerprint density at radius 1 is 0.970 bits per heavy atom. The number of benzene rings is 3. The van der Waals surface area contributed by atoms with Gasteiger partial charge in [0.05, 0.1) is 17.1 Å². The number of anilines is 1. The van der Waals surface area contributed by atoms with Crippen LogP contribution in [0, 0.1) is 13.8 Å². The average Bonchev–Trinajstić information content (AvgIpc) is 2.78. The first-order chi connectivity index (χ1) is 15.7. The van der Waals surface area contributed by atoms with Crippen LogP contribution in [0.2, 0.25) is 10.0 Å². The fraction of sp³-hybridized carbons (Fsp3) is 0.208. The first-order valence-corrected chi connectivity index (χ1v) is 12.4. The Labute approximate surface area is 204 Å². The Kier molecular flexibility index (Phi) is 8.24. The number of nitrogens with one attached hydrogen (secondary N) is 1. The summed E-state index contributed by atoms with van der Waals surface area (Å²) in [5.74, 6) is 0.121. The zero-order chi connectivity index (χ0) is 24.0. The van der Waals surface area contributed by atoms with Crippen LogP contribution in [0.15, 0.2) is 71.6 Å². The normalized spacial score (nSPS) is 11.2. The zero-order valence-electron chi connectivity index (χ0n) is 18.2. The number of nitrogens with zero attached hydrogens (tertiary/aromatic N) is 1. The molecule has 0 atom stereocenters. The van der Waals surface area contributed by atoms with Crippen molar-refractivity contribution in [2.75, 3.05) is 24.0 Å². The van der Waals surface area contributed by atoms with Crippen LogP contribution in [0.4, 0.5) is 5.69 Å². The lowest BCUT2D eigenvalue weighted by atomic mass is 10.2. The lowest BCUT2D eigenvalue weighted by Gasteiger charge is -2.24.